The van der Waals surface area contributed by atoms with Crippen molar-refractivity contribution in [3.63, 3.8) is 0 Å². The number of nitrogens with zero attached hydrogens (tertiary/aromatic N) is 1. The van der Waals surface area contributed by atoms with E-state index in [4.69, 9.17) is 21.1 Å². The third-order valence-electron chi connectivity index (χ3n) is 4.30. The van der Waals surface area contributed by atoms with E-state index in [9.17, 15) is 5.26 Å². The fraction of sp³-hybridized carbons (Fsp3) is 0.125. The van der Waals surface area contributed by atoms with Crippen molar-refractivity contribution in [2.45, 2.75) is 13.5 Å². The summed E-state index contributed by atoms with van der Waals surface area (Å²) in [4.78, 5) is 0. The maximum atomic E-state index is 9.51. The van der Waals surface area contributed by atoms with E-state index in [0.717, 1.165) is 22.4 Å². The largest absolute Gasteiger partial charge is 0.497 e. The van der Waals surface area contributed by atoms with Crippen molar-refractivity contribution in [1.82, 2.24) is 0 Å². The van der Waals surface area contributed by atoms with Crippen LogP contribution in [0.3, 0.4) is 0 Å². The maximum Gasteiger partial charge on any atom is 0.138 e. The minimum atomic E-state index is 0.449. The summed E-state index contributed by atoms with van der Waals surface area (Å²) in [5.74, 6) is 1.36. The zero-order chi connectivity index (χ0) is 19.9. The van der Waals surface area contributed by atoms with E-state index in [1.807, 2.05) is 48.5 Å². The first-order chi connectivity index (χ1) is 13.6. The molecule has 4 heteroatoms. The molecule has 0 heterocycles. The van der Waals surface area contributed by atoms with Crippen LogP contribution in [0.25, 0.3) is 11.6 Å². The van der Waals surface area contributed by atoms with Crippen LogP contribution in [0.1, 0.15) is 22.3 Å². The minimum Gasteiger partial charge on any atom is -0.497 e. The highest BCUT2D eigenvalue weighted by Gasteiger charge is 2.06. The molecular formula is C24H20ClNO2. The monoisotopic (exact) mass is 389 g/mol. The Labute approximate surface area is 170 Å². The van der Waals surface area contributed by atoms with E-state index in [0.29, 0.717) is 23.0 Å². The van der Waals surface area contributed by atoms with Gasteiger partial charge >= 0.3 is 0 Å². The first kappa shape index (κ1) is 19.5. The van der Waals surface area contributed by atoms with Crippen LogP contribution in [-0.4, -0.2) is 7.11 Å². The topological polar surface area (TPSA) is 42.2 Å². The molecule has 0 aliphatic heterocycles. The SMILES string of the molecule is COc1ccc(/C(C#N)=C/c2ccc(OCc3ccc(C)cc3)c(Cl)c2)cc1. The molecule has 3 nitrogen and oxygen atoms in total. The van der Waals surface area contributed by atoms with Crippen LogP contribution < -0.4 is 9.47 Å². The first-order valence-corrected chi connectivity index (χ1v) is 9.21. The first-order valence-electron chi connectivity index (χ1n) is 8.83. The Bertz CT molecular complexity index is 1020. The van der Waals surface area contributed by atoms with Gasteiger partial charge in [-0.3, -0.25) is 0 Å². The molecule has 0 aliphatic rings. The van der Waals surface area contributed by atoms with Crippen LogP contribution in [0.5, 0.6) is 11.5 Å². The Morgan fingerprint density at radius 2 is 1.75 bits per heavy atom. The molecule has 0 unspecified atom stereocenters. The lowest BCUT2D eigenvalue weighted by atomic mass is 10.0. The molecule has 0 atom stereocenters. The van der Waals surface area contributed by atoms with Crippen LogP contribution in [0.15, 0.2) is 66.7 Å². The normalized spacial score (nSPS) is 11.0. The third kappa shape index (κ3) is 4.94. The summed E-state index contributed by atoms with van der Waals surface area (Å²) in [5, 5.41) is 10.0. The molecule has 0 radical (unpaired) electrons. The fourth-order valence-electron chi connectivity index (χ4n) is 2.69. The highest BCUT2D eigenvalue weighted by molar-refractivity contribution is 6.32. The van der Waals surface area contributed by atoms with Crippen molar-refractivity contribution < 1.29 is 9.47 Å². The minimum absolute atomic E-state index is 0.449. The number of hydrogen-bond acceptors (Lipinski definition) is 3. The number of aryl methyl sites for hydroxylation is 1. The molecule has 28 heavy (non-hydrogen) atoms. The van der Waals surface area contributed by atoms with Crippen LogP contribution in [0, 0.1) is 18.3 Å². The molecule has 0 aromatic heterocycles. The molecule has 0 amide bonds. The van der Waals surface area contributed by atoms with Gasteiger partial charge in [0.15, 0.2) is 0 Å². The second-order valence-corrected chi connectivity index (χ2v) is 6.77. The van der Waals surface area contributed by atoms with Gasteiger partial charge < -0.3 is 9.47 Å². The number of methoxy groups -OCH3 is 1. The molecule has 0 saturated heterocycles. The summed E-state index contributed by atoms with van der Waals surface area (Å²) >= 11 is 6.38. The summed E-state index contributed by atoms with van der Waals surface area (Å²) in [6, 6.07) is 23.3. The van der Waals surface area contributed by atoms with Crippen LogP contribution >= 0.6 is 11.6 Å². The van der Waals surface area contributed by atoms with Crippen molar-refractivity contribution >= 4 is 23.3 Å². The molecule has 3 aromatic carbocycles. The van der Waals surface area contributed by atoms with E-state index >= 15 is 0 Å². The maximum absolute atomic E-state index is 9.51. The average molecular weight is 390 g/mol. The Balaban J connectivity index is 1.75. The Morgan fingerprint density at radius 1 is 1.04 bits per heavy atom. The van der Waals surface area contributed by atoms with E-state index in [-0.39, 0.29) is 0 Å². The molecular weight excluding hydrogens is 370 g/mol. The van der Waals surface area contributed by atoms with Crippen molar-refractivity contribution in [3.05, 3.63) is 94.0 Å². The molecule has 0 fully saturated rings. The van der Waals surface area contributed by atoms with Gasteiger partial charge in [-0.2, -0.15) is 5.26 Å². The Hall–Kier alpha value is -3.22. The van der Waals surface area contributed by atoms with Crippen LogP contribution in [-0.2, 0) is 6.61 Å². The lowest BCUT2D eigenvalue weighted by Crippen LogP contribution is -1.96. The van der Waals surface area contributed by atoms with Gasteiger partial charge in [-0.25, -0.2) is 0 Å². The van der Waals surface area contributed by atoms with Crippen LogP contribution in [0.4, 0.5) is 0 Å². The summed E-state index contributed by atoms with van der Waals surface area (Å²) in [6.07, 6.45) is 1.80. The third-order valence-corrected chi connectivity index (χ3v) is 4.60. The second kappa shape index (κ2) is 9.12. The number of allylic oxidation sites excluding steroid dienone is 1. The van der Waals surface area contributed by atoms with Crippen molar-refractivity contribution in [1.29, 1.82) is 5.26 Å². The van der Waals surface area contributed by atoms with Gasteiger partial charge in [0.25, 0.3) is 0 Å². The molecule has 0 spiro atoms. The number of nitriles is 1. The van der Waals surface area contributed by atoms with Gasteiger partial charge in [0.1, 0.15) is 18.1 Å². The lowest BCUT2D eigenvalue weighted by Gasteiger charge is -2.09. The summed E-state index contributed by atoms with van der Waals surface area (Å²) in [6.45, 7) is 2.50. The Morgan fingerprint density at radius 3 is 2.36 bits per heavy atom. The molecule has 0 N–H and O–H groups in total. The van der Waals surface area contributed by atoms with E-state index in [1.165, 1.54) is 5.56 Å². The molecule has 0 aliphatic carbocycles. The van der Waals surface area contributed by atoms with E-state index in [1.54, 1.807) is 19.3 Å². The van der Waals surface area contributed by atoms with Crippen molar-refractivity contribution in [3.8, 4) is 17.6 Å². The molecule has 3 aromatic rings. The van der Waals surface area contributed by atoms with E-state index in [2.05, 4.69) is 25.1 Å². The fourth-order valence-corrected chi connectivity index (χ4v) is 2.93. The zero-order valence-electron chi connectivity index (χ0n) is 15.8. The quantitative estimate of drug-likeness (QED) is 0.367. The summed E-state index contributed by atoms with van der Waals surface area (Å²) in [5.41, 5.74) is 4.49. The predicted molar refractivity (Wildman–Crippen MR) is 113 cm³/mol. The standard InChI is InChI=1S/C24H20ClNO2/c1-17-3-5-18(6-4-17)16-28-24-12-7-19(14-23(24)25)13-21(15-26)20-8-10-22(27-2)11-9-20/h3-14H,16H2,1-2H3/b21-13+. The number of ether oxygens (including phenoxy) is 2. The zero-order valence-corrected chi connectivity index (χ0v) is 16.5. The Kier molecular flexibility index (Phi) is 6.37. The molecule has 3 rings (SSSR count). The van der Waals surface area contributed by atoms with Crippen LogP contribution in [0.2, 0.25) is 5.02 Å². The van der Waals surface area contributed by atoms with Crippen molar-refractivity contribution in [2.24, 2.45) is 0 Å². The van der Waals surface area contributed by atoms with Gasteiger partial charge in [-0.15, -0.1) is 0 Å². The molecule has 140 valence electrons. The molecule has 0 saturated carbocycles. The number of hydrogen-bond donors (Lipinski definition) is 0. The molecule has 0 bridgehead atoms. The predicted octanol–water partition coefficient (Wildman–Crippen LogP) is 6.30. The average Bonchev–Trinajstić information content (AvgIpc) is 2.72. The second-order valence-electron chi connectivity index (χ2n) is 6.36. The van der Waals surface area contributed by atoms with E-state index < -0.39 is 0 Å². The van der Waals surface area contributed by atoms with Gasteiger partial charge in [0, 0.05) is 0 Å². The number of benzene rings is 3. The van der Waals surface area contributed by atoms with Crippen molar-refractivity contribution in [2.75, 3.05) is 7.11 Å². The number of rotatable bonds is 6. The summed E-state index contributed by atoms with van der Waals surface area (Å²) < 4.78 is 11.0. The van der Waals surface area contributed by atoms with Gasteiger partial charge in [-0.1, -0.05) is 47.5 Å². The number of halogens is 1. The smallest absolute Gasteiger partial charge is 0.138 e. The lowest BCUT2D eigenvalue weighted by molar-refractivity contribution is 0.306. The van der Waals surface area contributed by atoms with Gasteiger partial charge in [0.2, 0.25) is 0 Å². The highest BCUT2D eigenvalue weighted by Crippen LogP contribution is 2.28. The summed E-state index contributed by atoms with van der Waals surface area (Å²) in [7, 11) is 1.61. The highest BCUT2D eigenvalue weighted by atomic mass is 35.5. The van der Waals surface area contributed by atoms with Gasteiger partial charge in [0.05, 0.1) is 23.8 Å². The van der Waals surface area contributed by atoms with Gasteiger partial charge in [-0.05, 0) is 66.1 Å².